The fourth-order valence-electron chi connectivity index (χ4n) is 2.89. The molecule has 0 aromatic heterocycles. The van der Waals surface area contributed by atoms with Crippen molar-refractivity contribution < 1.29 is 18.7 Å². The largest absolute Gasteiger partial charge is 0.494 e. The van der Waals surface area contributed by atoms with Crippen molar-refractivity contribution in [1.29, 1.82) is 5.26 Å². The van der Waals surface area contributed by atoms with E-state index in [0.29, 0.717) is 17.9 Å². The second-order valence-corrected chi connectivity index (χ2v) is 6.45. The SMILES string of the molecule is CCOc1ccc(CC(=O)Oc2cccc(/C=C(/C#N)c3ccccc3F)c2)cc1. The van der Waals surface area contributed by atoms with E-state index in [-0.39, 0.29) is 17.6 Å². The Morgan fingerprint density at radius 2 is 1.80 bits per heavy atom. The predicted molar refractivity (Wildman–Crippen MR) is 113 cm³/mol. The van der Waals surface area contributed by atoms with Crippen molar-refractivity contribution in [1.82, 2.24) is 0 Å². The molecule has 0 spiro atoms. The average Bonchev–Trinajstić information content (AvgIpc) is 2.74. The minimum atomic E-state index is -0.469. The number of benzene rings is 3. The van der Waals surface area contributed by atoms with Crippen molar-refractivity contribution in [3.63, 3.8) is 0 Å². The Labute approximate surface area is 174 Å². The average molecular weight is 401 g/mol. The molecule has 0 aliphatic heterocycles. The fraction of sp³-hybridized carbons (Fsp3) is 0.120. The van der Waals surface area contributed by atoms with Gasteiger partial charge >= 0.3 is 5.97 Å². The van der Waals surface area contributed by atoms with E-state index in [4.69, 9.17) is 9.47 Å². The molecule has 3 aromatic rings. The molecule has 150 valence electrons. The topological polar surface area (TPSA) is 59.3 Å². The van der Waals surface area contributed by atoms with Gasteiger partial charge in [0.25, 0.3) is 0 Å². The number of ether oxygens (including phenoxy) is 2. The van der Waals surface area contributed by atoms with E-state index in [1.165, 1.54) is 6.07 Å². The Morgan fingerprint density at radius 3 is 2.50 bits per heavy atom. The number of hydrogen-bond donors (Lipinski definition) is 0. The van der Waals surface area contributed by atoms with Crippen molar-refractivity contribution in [3.05, 3.63) is 95.3 Å². The number of rotatable bonds is 7. The smallest absolute Gasteiger partial charge is 0.315 e. The summed E-state index contributed by atoms with van der Waals surface area (Å²) in [5.74, 6) is 0.223. The van der Waals surface area contributed by atoms with Crippen LogP contribution in [0.5, 0.6) is 11.5 Å². The van der Waals surface area contributed by atoms with Crippen LogP contribution in [0.4, 0.5) is 4.39 Å². The molecule has 0 saturated heterocycles. The highest BCUT2D eigenvalue weighted by Crippen LogP contribution is 2.23. The second-order valence-electron chi connectivity index (χ2n) is 6.45. The summed E-state index contributed by atoms with van der Waals surface area (Å²) in [5, 5.41) is 9.42. The predicted octanol–water partition coefficient (Wildman–Crippen LogP) is 5.44. The van der Waals surface area contributed by atoms with Gasteiger partial charge in [-0.05, 0) is 54.5 Å². The van der Waals surface area contributed by atoms with Gasteiger partial charge in [-0.3, -0.25) is 4.79 Å². The van der Waals surface area contributed by atoms with Crippen molar-refractivity contribution in [2.45, 2.75) is 13.3 Å². The van der Waals surface area contributed by atoms with Crippen LogP contribution in [0.15, 0.2) is 72.8 Å². The van der Waals surface area contributed by atoms with Crippen LogP contribution < -0.4 is 9.47 Å². The van der Waals surface area contributed by atoms with Crippen LogP contribution >= 0.6 is 0 Å². The first-order valence-electron chi connectivity index (χ1n) is 9.48. The van der Waals surface area contributed by atoms with Crippen LogP contribution in [0.25, 0.3) is 11.6 Å². The lowest BCUT2D eigenvalue weighted by atomic mass is 10.0. The summed E-state index contributed by atoms with van der Waals surface area (Å²) in [6, 6.07) is 22.1. The molecule has 0 aliphatic rings. The Balaban J connectivity index is 1.71. The summed E-state index contributed by atoms with van der Waals surface area (Å²) in [4.78, 5) is 12.3. The molecule has 4 nitrogen and oxygen atoms in total. The van der Waals surface area contributed by atoms with Crippen molar-refractivity contribution >= 4 is 17.6 Å². The lowest BCUT2D eigenvalue weighted by Gasteiger charge is -2.07. The van der Waals surface area contributed by atoms with Crippen LogP contribution in [0, 0.1) is 17.1 Å². The van der Waals surface area contributed by atoms with Crippen molar-refractivity contribution in [3.8, 4) is 17.6 Å². The number of nitrogens with zero attached hydrogens (tertiary/aromatic N) is 1. The Bertz CT molecular complexity index is 1100. The molecule has 0 bridgehead atoms. The molecule has 0 aliphatic carbocycles. The number of hydrogen-bond acceptors (Lipinski definition) is 4. The first-order valence-corrected chi connectivity index (χ1v) is 9.48. The Kier molecular flexibility index (Phi) is 6.96. The highest BCUT2D eigenvalue weighted by Gasteiger charge is 2.09. The van der Waals surface area contributed by atoms with E-state index in [1.807, 2.05) is 37.3 Å². The first-order chi connectivity index (χ1) is 14.6. The number of allylic oxidation sites excluding steroid dienone is 1. The van der Waals surface area contributed by atoms with E-state index in [2.05, 4.69) is 0 Å². The molecule has 0 atom stereocenters. The molecule has 0 amide bonds. The van der Waals surface area contributed by atoms with Crippen LogP contribution in [-0.4, -0.2) is 12.6 Å². The molecular formula is C25H20FNO3. The summed E-state index contributed by atoms with van der Waals surface area (Å²) in [6.45, 7) is 2.49. The Hall–Kier alpha value is -3.91. The minimum absolute atomic E-state index is 0.116. The summed E-state index contributed by atoms with van der Waals surface area (Å²) in [6.07, 6.45) is 1.67. The van der Waals surface area contributed by atoms with Gasteiger partial charge in [-0.25, -0.2) is 4.39 Å². The van der Waals surface area contributed by atoms with Crippen LogP contribution in [0.3, 0.4) is 0 Å². The van der Waals surface area contributed by atoms with E-state index in [1.54, 1.807) is 48.5 Å². The number of nitriles is 1. The van der Waals surface area contributed by atoms with E-state index < -0.39 is 11.8 Å². The highest BCUT2D eigenvalue weighted by atomic mass is 19.1. The standard InChI is InChI=1S/C25H20FNO3/c1-2-29-21-12-10-18(11-13-21)16-25(28)30-22-7-5-6-19(15-22)14-20(17-27)23-8-3-4-9-24(23)26/h3-15H,2,16H2,1H3/b20-14-. The summed E-state index contributed by atoms with van der Waals surface area (Å²) in [5.41, 5.74) is 1.84. The molecule has 0 heterocycles. The van der Waals surface area contributed by atoms with Crippen LogP contribution in [-0.2, 0) is 11.2 Å². The molecular weight excluding hydrogens is 381 g/mol. The number of esters is 1. The monoisotopic (exact) mass is 401 g/mol. The number of carbonyl (C=O) groups excluding carboxylic acids is 1. The van der Waals surface area contributed by atoms with Gasteiger partial charge in [-0.15, -0.1) is 0 Å². The molecule has 0 fully saturated rings. The third-order valence-corrected chi connectivity index (χ3v) is 4.27. The molecule has 0 saturated carbocycles. The molecule has 3 aromatic carbocycles. The fourth-order valence-corrected chi connectivity index (χ4v) is 2.89. The van der Waals surface area contributed by atoms with Gasteiger partial charge in [-0.1, -0.05) is 42.5 Å². The molecule has 3 rings (SSSR count). The molecule has 0 unspecified atom stereocenters. The molecule has 5 heteroatoms. The summed E-state index contributed by atoms with van der Waals surface area (Å²) < 4.78 is 24.8. The van der Waals surface area contributed by atoms with E-state index >= 15 is 0 Å². The number of carbonyl (C=O) groups is 1. The molecule has 0 N–H and O–H groups in total. The maximum Gasteiger partial charge on any atom is 0.315 e. The highest BCUT2D eigenvalue weighted by molar-refractivity contribution is 5.90. The van der Waals surface area contributed by atoms with E-state index in [0.717, 1.165) is 11.3 Å². The summed E-state index contributed by atoms with van der Waals surface area (Å²) in [7, 11) is 0. The van der Waals surface area contributed by atoms with Gasteiger partial charge in [0.15, 0.2) is 0 Å². The van der Waals surface area contributed by atoms with Gasteiger partial charge in [0.05, 0.1) is 24.7 Å². The van der Waals surface area contributed by atoms with Gasteiger partial charge in [0, 0.05) is 5.56 Å². The third-order valence-electron chi connectivity index (χ3n) is 4.27. The van der Waals surface area contributed by atoms with Gasteiger partial charge in [0.1, 0.15) is 17.3 Å². The van der Waals surface area contributed by atoms with Gasteiger partial charge in [0.2, 0.25) is 0 Å². The lowest BCUT2D eigenvalue weighted by Crippen LogP contribution is -2.11. The zero-order valence-electron chi connectivity index (χ0n) is 16.5. The quantitative estimate of drug-likeness (QED) is 0.229. The molecule has 0 radical (unpaired) electrons. The Morgan fingerprint density at radius 1 is 1.03 bits per heavy atom. The number of halogens is 1. The maximum absolute atomic E-state index is 14.0. The van der Waals surface area contributed by atoms with Crippen LogP contribution in [0.1, 0.15) is 23.6 Å². The summed E-state index contributed by atoms with van der Waals surface area (Å²) >= 11 is 0. The lowest BCUT2D eigenvalue weighted by molar-refractivity contribution is -0.133. The minimum Gasteiger partial charge on any atom is -0.494 e. The molecule has 30 heavy (non-hydrogen) atoms. The van der Waals surface area contributed by atoms with Crippen molar-refractivity contribution in [2.24, 2.45) is 0 Å². The zero-order chi connectivity index (χ0) is 21.3. The maximum atomic E-state index is 14.0. The van der Waals surface area contributed by atoms with E-state index in [9.17, 15) is 14.4 Å². The van der Waals surface area contributed by atoms with Gasteiger partial charge in [-0.2, -0.15) is 5.26 Å². The normalized spacial score (nSPS) is 10.9. The third kappa shape index (κ3) is 5.55. The second kappa shape index (κ2) is 10.0. The van der Waals surface area contributed by atoms with Gasteiger partial charge < -0.3 is 9.47 Å². The first kappa shape index (κ1) is 20.8. The van der Waals surface area contributed by atoms with Crippen molar-refractivity contribution in [2.75, 3.05) is 6.61 Å². The zero-order valence-corrected chi connectivity index (χ0v) is 16.5. The van der Waals surface area contributed by atoms with Crippen LogP contribution in [0.2, 0.25) is 0 Å².